The molecule has 1 aromatic rings. The zero-order valence-corrected chi connectivity index (χ0v) is 12.1. The molecule has 96 valence electrons. The number of hydrogen-bond acceptors (Lipinski definition) is 3. The van der Waals surface area contributed by atoms with Gasteiger partial charge in [0.15, 0.2) is 0 Å². The molecule has 4 N–H and O–H groups in total. The molecule has 0 aliphatic carbocycles. The van der Waals surface area contributed by atoms with E-state index in [1.165, 1.54) is 0 Å². The summed E-state index contributed by atoms with van der Waals surface area (Å²) >= 11 is 3.58. The standard InChI is InChI=1S/C13H17BrN4/c1-4-13(3)7-16-10-6-5-9(17-8(2)15)11(14)12(10)18-13/h4-6,16,18H,1,7H2,2-3H3,(H2,15,17). The van der Waals surface area contributed by atoms with Crippen LogP contribution >= 0.6 is 15.9 Å². The topological polar surface area (TPSA) is 62.4 Å². The maximum Gasteiger partial charge on any atom is 0.0965 e. The van der Waals surface area contributed by atoms with E-state index in [0.717, 1.165) is 28.1 Å². The Morgan fingerprint density at radius 3 is 2.94 bits per heavy atom. The molecule has 2 rings (SSSR count). The third-order valence-electron chi connectivity index (χ3n) is 2.93. The lowest BCUT2D eigenvalue weighted by Gasteiger charge is -2.36. The minimum atomic E-state index is -0.171. The van der Waals surface area contributed by atoms with Crippen LogP contribution in [0, 0.1) is 0 Å². The molecule has 0 saturated carbocycles. The summed E-state index contributed by atoms with van der Waals surface area (Å²) in [6.45, 7) is 8.52. The van der Waals surface area contributed by atoms with Gasteiger partial charge in [0, 0.05) is 6.54 Å². The predicted molar refractivity (Wildman–Crippen MR) is 81.8 cm³/mol. The molecular weight excluding hydrogens is 292 g/mol. The van der Waals surface area contributed by atoms with Crippen LogP contribution in [0.15, 0.2) is 34.3 Å². The highest BCUT2D eigenvalue weighted by atomic mass is 79.9. The summed E-state index contributed by atoms with van der Waals surface area (Å²) in [5.41, 5.74) is 8.31. The number of anilines is 2. The SMILES string of the molecule is C=CC1(C)CNc2ccc(N=C(C)N)c(Br)c2N1. The van der Waals surface area contributed by atoms with Gasteiger partial charge in [-0.15, -0.1) is 6.58 Å². The summed E-state index contributed by atoms with van der Waals surface area (Å²) in [6.07, 6.45) is 1.90. The monoisotopic (exact) mass is 308 g/mol. The second kappa shape index (κ2) is 4.65. The Morgan fingerprint density at radius 2 is 2.33 bits per heavy atom. The predicted octanol–water partition coefficient (Wildman–Crippen LogP) is 3.24. The van der Waals surface area contributed by atoms with Gasteiger partial charge in [-0.1, -0.05) is 6.08 Å². The van der Waals surface area contributed by atoms with Gasteiger partial charge in [0.25, 0.3) is 0 Å². The van der Waals surface area contributed by atoms with Gasteiger partial charge < -0.3 is 16.4 Å². The average Bonchev–Trinajstić information content (AvgIpc) is 2.33. The van der Waals surface area contributed by atoms with Gasteiger partial charge in [0.1, 0.15) is 0 Å². The van der Waals surface area contributed by atoms with Crippen molar-refractivity contribution in [2.24, 2.45) is 10.7 Å². The van der Waals surface area contributed by atoms with E-state index in [1.54, 1.807) is 6.92 Å². The zero-order valence-electron chi connectivity index (χ0n) is 10.5. The van der Waals surface area contributed by atoms with E-state index in [2.05, 4.69) is 45.1 Å². The number of nitrogens with one attached hydrogen (secondary N) is 2. The summed E-state index contributed by atoms with van der Waals surface area (Å²) in [5.74, 6) is 0.533. The van der Waals surface area contributed by atoms with Crippen molar-refractivity contribution < 1.29 is 0 Å². The molecule has 18 heavy (non-hydrogen) atoms. The normalized spacial score (nSPS) is 22.7. The molecule has 0 aromatic heterocycles. The molecule has 1 atom stereocenters. The number of halogens is 1. The molecule has 1 aromatic carbocycles. The first-order valence-electron chi connectivity index (χ1n) is 5.74. The Bertz CT molecular complexity index is 520. The van der Waals surface area contributed by atoms with Gasteiger partial charge in [-0.2, -0.15) is 0 Å². The molecule has 0 radical (unpaired) electrons. The summed E-state index contributed by atoms with van der Waals surface area (Å²) in [7, 11) is 0. The lowest BCUT2D eigenvalue weighted by molar-refractivity contribution is 0.659. The Kier molecular flexibility index (Phi) is 3.34. The van der Waals surface area contributed by atoms with E-state index in [0.29, 0.717) is 5.84 Å². The second-order valence-electron chi connectivity index (χ2n) is 4.67. The van der Waals surface area contributed by atoms with Gasteiger partial charge in [0.05, 0.1) is 32.9 Å². The van der Waals surface area contributed by atoms with Gasteiger partial charge in [-0.05, 0) is 41.9 Å². The number of rotatable bonds is 2. The van der Waals surface area contributed by atoms with Crippen LogP contribution < -0.4 is 16.4 Å². The highest BCUT2D eigenvalue weighted by Crippen LogP contribution is 2.42. The Balaban J connectivity index is 2.48. The van der Waals surface area contributed by atoms with Crippen molar-refractivity contribution in [1.82, 2.24) is 0 Å². The van der Waals surface area contributed by atoms with Gasteiger partial charge >= 0.3 is 0 Å². The maximum absolute atomic E-state index is 5.63. The van der Waals surface area contributed by atoms with Crippen molar-refractivity contribution in [3.63, 3.8) is 0 Å². The lowest BCUT2D eigenvalue weighted by atomic mass is 9.98. The molecule has 1 aliphatic rings. The van der Waals surface area contributed by atoms with E-state index in [-0.39, 0.29) is 5.54 Å². The first-order valence-corrected chi connectivity index (χ1v) is 6.53. The molecule has 0 spiro atoms. The van der Waals surface area contributed by atoms with Crippen LogP contribution in [0.2, 0.25) is 0 Å². The Labute approximate surface area is 115 Å². The molecule has 1 aliphatic heterocycles. The minimum absolute atomic E-state index is 0.171. The number of benzene rings is 1. The highest BCUT2D eigenvalue weighted by molar-refractivity contribution is 9.10. The second-order valence-corrected chi connectivity index (χ2v) is 5.47. The number of fused-ring (bicyclic) bond motifs is 1. The quantitative estimate of drug-likeness (QED) is 0.446. The molecule has 1 unspecified atom stereocenters. The van der Waals surface area contributed by atoms with Crippen LogP contribution in [0.25, 0.3) is 0 Å². The maximum atomic E-state index is 5.63. The lowest BCUT2D eigenvalue weighted by Crippen LogP contribution is -2.43. The summed E-state index contributed by atoms with van der Waals surface area (Å²) in [5, 5.41) is 6.85. The van der Waals surface area contributed by atoms with Crippen molar-refractivity contribution in [3.05, 3.63) is 29.3 Å². The highest BCUT2D eigenvalue weighted by Gasteiger charge is 2.27. The van der Waals surface area contributed by atoms with Crippen LogP contribution in [0.4, 0.5) is 17.1 Å². The summed E-state index contributed by atoms with van der Waals surface area (Å²) in [4.78, 5) is 4.29. The van der Waals surface area contributed by atoms with E-state index >= 15 is 0 Å². The number of amidine groups is 1. The fourth-order valence-electron chi connectivity index (χ4n) is 1.84. The zero-order chi connectivity index (χ0) is 13.3. The molecule has 5 heteroatoms. The number of hydrogen-bond donors (Lipinski definition) is 3. The van der Waals surface area contributed by atoms with Crippen molar-refractivity contribution >= 4 is 38.8 Å². The Hall–Kier alpha value is -1.49. The fourth-order valence-corrected chi connectivity index (χ4v) is 2.38. The molecular formula is C13H17BrN4. The van der Waals surface area contributed by atoms with Crippen molar-refractivity contribution in [2.75, 3.05) is 17.2 Å². The first kappa shape index (κ1) is 13.0. The van der Waals surface area contributed by atoms with Crippen LogP contribution in [-0.4, -0.2) is 17.9 Å². The largest absolute Gasteiger partial charge is 0.387 e. The van der Waals surface area contributed by atoms with Crippen LogP contribution in [0.5, 0.6) is 0 Å². The molecule has 0 amide bonds. The number of nitrogens with zero attached hydrogens (tertiary/aromatic N) is 1. The third-order valence-corrected chi connectivity index (χ3v) is 3.73. The molecule has 0 saturated heterocycles. The van der Waals surface area contributed by atoms with E-state index in [1.807, 2.05) is 18.2 Å². The van der Waals surface area contributed by atoms with Crippen LogP contribution in [0.3, 0.4) is 0 Å². The first-order chi connectivity index (χ1) is 8.45. The van der Waals surface area contributed by atoms with E-state index in [4.69, 9.17) is 5.73 Å². The van der Waals surface area contributed by atoms with Crippen molar-refractivity contribution in [2.45, 2.75) is 19.4 Å². The molecule has 0 bridgehead atoms. The van der Waals surface area contributed by atoms with Crippen molar-refractivity contribution in [1.29, 1.82) is 0 Å². The van der Waals surface area contributed by atoms with Gasteiger partial charge in [0.2, 0.25) is 0 Å². The van der Waals surface area contributed by atoms with E-state index in [9.17, 15) is 0 Å². The van der Waals surface area contributed by atoms with Gasteiger partial charge in [-0.3, -0.25) is 0 Å². The number of nitrogens with two attached hydrogens (primary N) is 1. The Morgan fingerprint density at radius 1 is 1.61 bits per heavy atom. The van der Waals surface area contributed by atoms with Crippen LogP contribution in [0.1, 0.15) is 13.8 Å². The molecule has 0 fully saturated rings. The van der Waals surface area contributed by atoms with E-state index < -0.39 is 0 Å². The van der Waals surface area contributed by atoms with Gasteiger partial charge in [-0.25, -0.2) is 4.99 Å². The minimum Gasteiger partial charge on any atom is -0.387 e. The average molecular weight is 309 g/mol. The summed E-state index contributed by atoms with van der Waals surface area (Å²) in [6, 6.07) is 3.93. The smallest absolute Gasteiger partial charge is 0.0965 e. The summed E-state index contributed by atoms with van der Waals surface area (Å²) < 4.78 is 0.907. The van der Waals surface area contributed by atoms with Crippen LogP contribution in [-0.2, 0) is 0 Å². The third kappa shape index (κ3) is 2.36. The fraction of sp³-hybridized carbons (Fsp3) is 0.308. The van der Waals surface area contributed by atoms with Crippen molar-refractivity contribution in [3.8, 4) is 0 Å². The molecule has 1 heterocycles. The number of aliphatic imine (C=N–C) groups is 1. The molecule has 4 nitrogen and oxygen atoms in total.